The van der Waals surface area contributed by atoms with Crippen molar-refractivity contribution in [2.75, 3.05) is 0 Å². The molecule has 4 rings (SSSR count). The van der Waals surface area contributed by atoms with Gasteiger partial charge in [-0.05, 0) is 43.5 Å². The van der Waals surface area contributed by atoms with Gasteiger partial charge in [0, 0.05) is 11.9 Å². The topological polar surface area (TPSA) is 86.1 Å². The van der Waals surface area contributed by atoms with Gasteiger partial charge in [0.05, 0.1) is 21.0 Å². The lowest BCUT2D eigenvalue weighted by Gasteiger charge is -2.16. The number of benzene rings is 3. The van der Waals surface area contributed by atoms with Gasteiger partial charge in [-0.25, -0.2) is 13.1 Å². The Bertz CT molecular complexity index is 1380. The van der Waals surface area contributed by atoms with E-state index in [2.05, 4.69) is 14.9 Å². The summed E-state index contributed by atoms with van der Waals surface area (Å²) < 4.78 is 36.0. The van der Waals surface area contributed by atoms with Crippen LogP contribution in [0.3, 0.4) is 0 Å². The van der Waals surface area contributed by atoms with Gasteiger partial charge < -0.3 is 4.74 Å². The number of rotatable bonds is 7. The number of ether oxygens (including phenoxy) is 1. The molecule has 0 unspecified atom stereocenters. The highest BCUT2D eigenvalue weighted by Crippen LogP contribution is 2.30. The molecule has 1 heterocycles. The summed E-state index contributed by atoms with van der Waals surface area (Å²) in [6, 6.07) is 17.3. The van der Waals surface area contributed by atoms with Crippen LogP contribution in [0.15, 0.2) is 65.6 Å². The molecule has 166 valence electrons. The maximum absolute atomic E-state index is 12.8. The number of hydrogen-bond acceptors (Lipinski definition) is 5. The third-order valence-corrected chi connectivity index (χ3v) is 7.21. The van der Waals surface area contributed by atoms with E-state index >= 15 is 0 Å². The lowest BCUT2D eigenvalue weighted by molar-refractivity contribution is 0.411. The highest BCUT2D eigenvalue weighted by atomic mass is 35.5. The van der Waals surface area contributed by atoms with E-state index in [0.29, 0.717) is 18.1 Å². The van der Waals surface area contributed by atoms with Gasteiger partial charge in [0.25, 0.3) is 0 Å². The first-order chi connectivity index (χ1) is 15.3. The molecule has 0 aliphatic rings. The van der Waals surface area contributed by atoms with Crippen molar-refractivity contribution in [1.82, 2.24) is 19.5 Å². The molecule has 1 aromatic heterocycles. The first-order valence-electron chi connectivity index (χ1n) is 9.86. The molecule has 0 bridgehead atoms. The normalized spacial score (nSPS) is 12.8. The zero-order chi connectivity index (χ0) is 22.9. The Hall–Kier alpha value is -2.65. The molecular weight excluding hydrogens is 471 g/mol. The van der Waals surface area contributed by atoms with Crippen LogP contribution in [0, 0.1) is 0 Å². The summed E-state index contributed by atoms with van der Waals surface area (Å²) in [6.45, 7) is 4.08. The minimum absolute atomic E-state index is 0.00791. The Morgan fingerprint density at radius 2 is 1.78 bits per heavy atom. The fraction of sp³-hybridized carbons (Fsp3) is 0.182. The van der Waals surface area contributed by atoms with Crippen LogP contribution < -0.4 is 9.46 Å². The van der Waals surface area contributed by atoms with Gasteiger partial charge in [-0.1, -0.05) is 64.7 Å². The highest BCUT2D eigenvalue weighted by Gasteiger charge is 2.24. The molecule has 0 amide bonds. The molecule has 0 radical (unpaired) electrons. The van der Waals surface area contributed by atoms with Gasteiger partial charge in [0.15, 0.2) is 5.82 Å². The van der Waals surface area contributed by atoms with Crippen LogP contribution in [0.25, 0.3) is 10.8 Å². The van der Waals surface area contributed by atoms with E-state index in [0.717, 1.165) is 10.8 Å². The Kier molecular flexibility index (Phi) is 6.39. The molecule has 0 saturated carbocycles. The number of hydrogen-bond donors (Lipinski definition) is 1. The van der Waals surface area contributed by atoms with E-state index < -0.39 is 16.1 Å². The van der Waals surface area contributed by atoms with E-state index in [-0.39, 0.29) is 21.0 Å². The van der Waals surface area contributed by atoms with Crippen molar-refractivity contribution in [1.29, 1.82) is 0 Å². The van der Waals surface area contributed by atoms with Crippen molar-refractivity contribution in [3.8, 4) is 11.8 Å². The molecule has 0 spiro atoms. The molecule has 1 N–H and O–H groups in total. The second-order valence-electron chi connectivity index (χ2n) is 7.08. The molecule has 0 fully saturated rings. The van der Waals surface area contributed by atoms with Gasteiger partial charge in [-0.2, -0.15) is 0 Å². The molecule has 3 aromatic carbocycles. The summed E-state index contributed by atoms with van der Waals surface area (Å²) in [5, 5.41) is 10.8. The smallest absolute Gasteiger partial charge is 0.322 e. The standard InChI is InChI=1S/C22H20Cl2N4O3S/c1-3-28-21(14(2)27-32(29,30)16-11-12-18(23)19(24)13-16)25-26-22(28)31-20-10-6-8-15-7-4-5-9-17(15)20/h4-14,27H,3H2,1-2H3/t14-/m1/s1. The van der Waals surface area contributed by atoms with Crippen molar-refractivity contribution in [2.24, 2.45) is 0 Å². The molecule has 0 saturated heterocycles. The Balaban J connectivity index is 1.61. The predicted octanol–water partition coefficient (Wildman–Crippen LogP) is 5.59. The maximum Gasteiger partial charge on any atom is 0.322 e. The van der Waals surface area contributed by atoms with Crippen molar-refractivity contribution >= 4 is 44.0 Å². The largest absolute Gasteiger partial charge is 0.424 e. The van der Waals surface area contributed by atoms with Gasteiger partial charge in [0.2, 0.25) is 10.0 Å². The average molecular weight is 491 g/mol. The fourth-order valence-corrected chi connectivity index (χ4v) is 4.96. The van der Waals surface area contributed by atoms with E-state index in [1.54, 1.807) is 11.5 Å². The van der Waals surface area contributed by atoms with E-state index in [1.165, 1.54) is 18.2 Å². The Morgan fingerprint density at radius 3 is 2.53 bits per heavy atom. The van der Waals surface area contributed by atoms with Crippen LogP contribution in [0.2, 0.25) is 10.0 Å². The lowest BCUT2D eigenvalue weighted by Crippen LogP contribution is -2.29. The number of halogens is 2. The zero-order valence-electron chi connectivity index (χ0n) is 17.3. The van der Waals surface area contributed by atoms with Gasteiger partial charge in [-0.3, -0.25) is 4.57 Å². The first kappa shape index (κ1) is 22.5. The number of sulfonamides is 1. The molecule has 32 heavy (non-hydrogen) atoms. The van der Waals surface area contributed by atoms with Crippen LogP contribution in [0.1, 0.15) is 25.7 Å². The second-order valence-corrected chi connectivity index (χ2v) is 9.61. The Labute approximate surface area is 196 Å². The Morgan fingerprint density at radius 1 is 1.03 bits per heavy atom. The lowest BCUT2D eigenvalue weighted by atomic mass is 10.1. The predicted molar refractivity (Wildman–Crippen MR) is 125 cm³/mol. The van der Waals surface area contributed by atoms with Crippen LogP contribution in [-0.2, 0) is 16.6 Å². The average Bonchev–Trinajstić information content (AvgIpc) is 3.18. The third kappa shape index (κ3) is 4.45. The van der Waals surface area contributed by atoms with Crippen LogP contribution in [0.4, 0.5) is 0 Å². The zero-order valence-corrected chi connectivity index (χ0v) is 19.6. The van der Waals surface area contributed by atoms with Crippen LogP contribution in [-0.4, -0.2) is 23.2 Å². The van der Waals surface area contributed by atoms with Crippen molar-refractivity contribution in [2.45, 2.75) is 31.3 Å². The third-order valence-electron chi connectivity index (χ3n) is 4.93. The number of nitrogens with zero attached hydrogens (tertiary/aromatic N) is 3. The summed E-state index contributed by atoms with van der Waals surface area (Å²) in [5.74, 6) is 1.06. The van der Waals surface area contributed by atoms with Gasteiger partial charge in [0.1, 0.15) is 5.75 Å². The van der Waals surface area contributed by atoms with Crippen molar-refractivity contribution < 1.29 is 13.2 Å². The van der Waals surface area contributed by atoms with E-state index in [9.17, 15) is 8.42 Å². The number of fused-ring (bicyclic) bond motifs is 1. The minimum Gasteiger partial charge on any atom is -0.424 e. The second kappa shape index (κ2) is 9.07. The molecule has 7 nitrogen and oxygen atoms in total. The summed E-state index contributed by atoms with van der Waals surface area (Å²) in [4.78, 5) is 0.00791. The summed E-state index contributed by atoms with van der Waals surface area (Å²) in [7, 11) is -3.87. The van der Waals surface area contributed by atoms with E-state index in [1.807, 2.05) is 49.4 Å². The summed E-state index contributed by atoms with van der Waals surface area (Å²) >= 11 is 11.9. The molecule has 4 aromatic rings. The molecule has 0 aliphatic carbocycles. The summed E-state index contributed by atoms with van der Waals surface area (Å²) in [5.41, 5.74) is 0. The SMILES string of the molecule is CCn1c(Oc2cccc3ccccc23)nnc1[C@@H](C)NS(=O)(=O)c1ccc(Cl)c(Cl)c1. The molecule has 0 aliphatic heterocycles. The molecule has 1 atom stereocenters. The van der Waals surface area contributed by atoms with E-state index in [4.69, 9.17) is 27.9 Å². The number of aromatic nitrogens is 3. The van der Waals surface area contributed by atoms with Crippen molar-refractivity contribution in [3.63, 3.8) is 0 Å². The molecule has 10 heteroatoms. The van der Waals surface area contributed by atoms with Gasteiger partial charge >= 0.3 is 6.01 Å². The molecular formula is C22H20Cl2N4O3S. The van der Waals surface area contributed by atoms with Crippen LogP contribution >= 0.6 is 23.2 Å². The fourth-order valence-electron chi connectivity index (χ4n) is 3.37. The van der Waals surface area contributed by atoms with Crippen molar-refractivity contribution in [3.05, 3.63) is 76.5 Å². The summed E-state index contributed by atoms with van der Waals surface area (Å²) in [6.07, 6.45) is 0. The minimum atomic E-state index is -3.87. The van der Waals surface area contributed by atoms with Gasteiger partial charge in [-0.15, -0.1) is 5.10 Å². The monoisotopic (exact) mass is 490 g/mol. The maximum atomic E-state index is 12.8. The highest BCUT2D eigenvalue weighted by molar-refractivity contribution is 7.89. The first-order valence-corrected chi connectivity index (χ1v) is 12.1. The quantitative estimate of drug-likeness (QED) is 0.364. The van der Waals surface area contributed by atoms with Crippen LogP contribution in [0.5, 0.6) is 11.8 Å². The number of nitrogens with one attached hydrogen (secondary N) is 1.